The molecule has 0 aliphatic heterocycles. The van der Waals surface area contributed by atoms with Crippen molar-refractivity contribution in [3.63, 3.8) is 0 Å². The second-order valence-corrected chi connectivity index (χ2v) is 6.43. The number of nitrogens with zero attached hydrogens (tertiary/aromatic N) is 1. The van der Waals surface area contributed by atoms with Gasteiger partial charge in [-0.1, -0.05) is 0 Å². The zero-order valence-electron chi connectivity index (χ0n) is 13.0. The fourth-order valence-corrected chi connectivity index (χ4v) is 3.38. The van der Waals surface area contributed by atoms with Crippen LogP contribution in [0.25, 0.3) is 0 Å². The number of ether oxygens (including phenoxy) is 1. The zero-order chi connectivity index (χ0) is 16.3. The predicted octanol–water partition coefficient (Wildman–Crippen LogP) is 3.18. The van der Waals surface area contributed by atoms with E-state index in [2.05, 4.69) is 4.99 Å². The van der Waals surface area contributed by atoms with Crippen molar-refractivity contribution < 1.29 is 19.1 Å². The van der Waals surface area contributed by atoms with Crippen molar-refractivity contribution in [3.05, 3.63) is 16.0 Å². The summed E-state index contributed by atoms with van der Waals surface area (Å²) in [6, 6.07) is 0. The number of esters is 1. The average Bonchev–Trinajstić information content (AvgIpc) is 2.74. The molecular weight excluding hydrogens is 302 g/mol. The van der Waals surface area contributed by atoms with Crippen LogP contribution >= 0.6 is 11.3 Å². The van der Waals surface area contributed by atoms with Gasteiger partial charge in [-0.25, -0.2) is 9.79 Å². The number of ketones is 2. The molecule has 0 atom stereocenters. The largest absolute Gasteiger partial charge is 0.462 e. The maximum atomic E-state index is 12.1. The minimum atomic E-state index is -0.772. The third-order valence-corrected chi connectivity index (χ3v) is 4.84. The summed E-state index contributed by atoms with van der Waals surface area (Å²) in [5.74, 6) is -1.38. The molecule has 0 aromatic carbocycles. The summed E-state index contributed by atoms with van der Waals surface area (Å²) < 4.78 is 5.06. The Morgan fingerprint density at radius 2 is 1.95 bits per heavy atom. The van der Waals surface area contributed by atoms with Crippen molar-refractivity contribution in [1.82, 2.24) is 0 Å². The van der Waals surface area contributed by atoms with Crippen LogP contribution in [0.3, 0.4) is 0 Å². The van der Waals surface area contributed by atoms with E-state index in [0.29, 0.717) is 29.8 Å². The van der Waals surface area contributed by atoms with Crippen molar-refractivity contribution >= 4 is 40.1 Å². The lowest BCUT2D eigenvalue weighted by atomic mass is 9.88. The number of thiophene rings is 1. The summed E-state index contributed by atoms with van der Waals surface area (Å²) in [6.45, 7) is 5.78. The van der Waals surface area contributed by atoms with Crippen molar-refractivity contribution in [3.8, 4) is 0 Å². The highest BCUT2D eigenvalue weighted by molar-refractivity contribution is 7.16. The Morgan fingerprint density at radius 3 is 2.55 bits per heavy atom. The molecule has 0 spiro atoms. The van der Waals surface area contributed by atoms with Crippen molar-refractivity contribution in [1.29, 1.82) is 0 Å². The van der Waals surface area contributed by atoms with Gasteiger partial charge in [-0.05, 0) is 32.8 Å². The summed E-state index contributed by atoms with van der Waals surface area (Å²) in [7, 11) is 0. The lowest BCUT2D eigenvalue weighted by molar-refractivity contribution is -0.132. The van der Waals surface area contributed by atoms with Gasteiger partial charge in [0, 0.05) is 23.9 Å². The Morgan fingerprint density at radius 1 is 1.32 bits per heavy atom. The topological polar surface area (TPSA) is 72.8 Å². The fourth-order valence-electron chi connectivity index (χ4n) is 2.38. The molecule has 1 fully saturated rings. The van der Waals surface area contributed by atoms with Crippen LogP contribution < -0.4 is 0 Å². The average molecular weight is 321 g/mol. The molecule has 1 saturated carbocycles. The normalized spacial score (nSPS) is 16.5. The van der Waals surface area contributed by atoms with Crippen LogP contribution in [0.1, 0.15) is 47.0 Å². The molecule has 6 heteroatoms. The van der Waals surface area contributed by atoms with Gasteiger partial charge in [-0.15, -0.1) is 11.3 Å². The fraction of sp³-hybridized carbons (Fsp3) is 0.500. The van der Waals surface area contributed by atoms with Gasteiger partial charge >= 0.3 is 5.97 Å². The minimum absolute atomic E-state index is 0.0947. The second kappa shape index (κ2) is 6.96. The van der Waals surface area contributed by atoms with Gasteiger partial charge in [-0.3, -0.25) is 9.59 Å². The van der Waals surface area contributed by atoms with E-state index in [1.165, 1.54) is 17.6 Å². The number of Topliss-reactive ketones (excluding diaryl/α,β-unsaturated/α-hetero) is 2. The molecule has 2 rings (SSSR count). The number of aliphatic imine (C=N–C) groups is 1. The third-order valence-electron chi connectivity index (χ3n) is 3.73. The van der Waals surface area contributed by atoms with E-state index in [9.17, 15) is 14.4 Å². The lowest BCUT2D eigenvalue weighted by Crippen LogP contribution is -2.29. The van der Waals surface area contributed by atoms with E-state index in [0.717, 1.165) is 10.4 Å². The quantitative estimate of drug-likeness (QED) is 0.485. The van der Waals surface area contributed by atoms with Crippen LogP contribution in [0.2, 0.25) is 0 Å². The summed E-state index contributed by atoms with van der Waals surface area (Å²) in [5, 5.41) is 0.500. The van der Waals surface area contributed by atoms with Gasteiger partial charge in [0.25, 0.3) is 0 Å². The van der Waals surface area contributed by atoms with Gasteiger partial charge in [-0.2, -0.15) is 0 Å². The number of carbonyl (C=O) groups is 3. The highest BCUT2D eigenvalue weighted by Gasteiger charge is 2.29. The molecule has 0 amide bonds. The highest BCUT2D eigenvalue weighted by atomic mass is 32.1. The molecule has 1 heterocycles. The molecule has 0 unspecified atom stereocenters. The van der Waals surface area contributed by atoms with Crippen LogP contribution in [0, 0.1) is 19.8 Å². The van der Waals surface area contributed by atoms with Gasteiger partial charge in [0.2, 0.25) is 0 Å². The minimum Gasteiger partial charge on any atom is -0.462 e. The van der Waals surface area contributed by atoms with Gasteiger partial charge < -0.3 is 4.74 Å². The third kappa shape index (κ3) is 3.32. The first-order valence-corrected chi connectivity index (χ1v) is 8.14. The predicted molar refractivity (Wildman–Crippen MR) is 85.3 cm³/mol. The molecule has 0 saturated heterocycles. The summed E-state index contributed by atoms with van der Waals surface area (Å²) in [4.78, 5) is 40.9. The van der Waals surface area contributed by atoms with E-state index < -0.39 is 11.9 Å². The molecule has 0 bridgehead atoms. The van der Waals surface area contributed by atoms with E-state index in [1.54, 1.807) is 6.92 Å². The van der Waals surface area contributed by atoms with Crippen LogP contribution in [-0.4, -0.2) is 30.4 Å². The zero-order valence-corrected chi connectivity index (χ0v) is 13.8. The maximum Gasteiger partial charge on any atom is 0.341 e. The Bertz CT molecular complexity index is 629. The number of aryl methyl sites for hydroxylation is 1. The van der Waals surface area contributed by atoms with Crippen molar-refractivity contribution in [2.24, 2.45) is 10.9 Å². The van der Waals surface area contributed by atoms with E-state index in [-0.39, 0.29) is 18.2 Å². The Kier molecular flexibility index (Phi) is 5.24. The lowest BCUT2D eigenvalue weighted by Gasteiger charge is -2.14. The van der Waals surface area contributed by atoms with Crippen molar-refractivity contribution in [2.45, 2.75) is 40.0 Å². The van der Waals surface area contributed by atoms with Gasteiger partial charge in [0.05, 0.1) is 12.2 Å². The summed E-state index contributed by atoms with van der Waals surface area (Å²) >= 11 is 1.36. The number of rotatable bonds is 4. The first kappa shape index (κ1) is 16.5. The highest BCUT2D eigenvalue weighted by Crippen LogP contribution is 2.35. The smallest absolute Gasteiger partial charge is 0.341 e. The molecule has 22 heavy (non-hydrogen) atoms. The van der Waals surface area contributed by atoms with Crippen LogP contribution in [0.5, 0.6) is 0 Å². The van der Waals surface area contributed by atoms with E-state index >= 15 is 0 Å². The van der Waals surface area contributed by atoms with Crippen LogP contribution in [0.4, 0.5) is 5.00 Å². The molecule has 1 aliphatic carbocycles. The van der Waals surface area contributed by atoms with E-state index in [1.807, 2.05) is 13.8 Å². The second-order valence-electron chi connectivity index (χ2n) is 5.23. The Labute approximate surface area is 133 Å². The molecule has 1 aromatic heterocycles. The number of carbonyl (C=O) groups excluding carboxylic acids is 3. The summed E-state index contributed by atoms with van der Waals surface area (Å²) in [6.07, 6.45) is 2.83. The summed E-state index contributed by atoms with van der Waals surface area (Å²) in [5.41, 5.74) is 1.26. The van der Waals surface area contributed by atoms with Crippen LogP contribution in [-0.2, 0) is 14.3 Å². The molecule has 118 valence electrons. The van der Waals surface area contributed by atoms with Crippen LogP contribution in [0.15, 0.2) is 4.99 Å². The number of hydrogen-bond acceptors (Lipinski definition) is 6. The first-order valence-electron chi connectivity index (χ1n) is 7.32. The molecule has 0 radical (unpaired) electrons. The van der Waals surface area contributed by atoms with Gasteiger partial charge in [0.1, 0.15) is 22.5 Å². The van der Waals surface area contributed by atoms with E-state index in [4.69, 9.17) is 4.74 Å². The monoisotopic (exact) mass is 321 g/mol. The molecular formula is C16H19NO4S. The Balaban J connectivity index is 2.31. The molecule has 0 N–H and O–H groups in total. The van der Waals surface area contributed by atoms with Crippen molar-refractivity contribution in [2.75, 3.05) is 6.61 Å². The molecule has 1 aliphatic rings. The number of hydrogen-bond donors (Lipinski definition) is 0. The van der Waals surface area contributed by atoms with Gasteiger partial charge in [0.15, 0.2) is 0 Å². The first-order chi connectivity index (χ1) is 10.5. The molecule has 1 aromatic rings. The Hall–Kier alpha value is -1.82. The SMILES string of the molecule is CCOC(=O)c1c(/N=C/C2C(=O)CCCC2=O)sc(C)c1C. The maximum absolute atomic E-state index is 12.1. The standard InChI is InChI=1S/C16H19NO4S/c1-4-21-16(20)14-9(2)10(3)22-15(14)17-8-11-12(18)6-5-7-13(11)19/h8,11H,4-7H2,1-3H3/b17-8+. The molecule has 5 nitrogen and oxygen atoms in total.